The zero-order valence-electron chi connectivity index (χ0n) is 16.2. The zero-order valence-corrected chi connectivity index (χ0v) is 17.8. The molecule has 1 N–H and O–H groups in total. The fraction of sp³-hybridized carbons (Fsp3) is 0.333. The van der Waals surface area contributed by atoms with Crippen LogP contribution in [-0.2, 0) is 17.6 Å². The van der Waals surface area contributed by atoms with Gasteiger partial charge in [-0.05, 0) is 55.4 Å². The molecule has 4 rings (SSSR count). The molecule has 2 aromatic heterocycles. The summed E-state index contributed by atoms with van der Waals surface area (Å²) in [4.78, 5) is 32.1. The van der Waals surface area contributed by atoms with E-state index in [4.69, 9.17) is 11.6 Å². The number of rotatable bonds is 4. The average Bonchev–Trinajstić information content (AvgIpc) is 3.07. The van der Waals surface area contributed by atoms with Crippen LogP contribution in [0.1, 0.15) is 42.3 Å². The number of fused-ring (bicyclic) bond motifs is 3. The van der Waals surface area contributed by atoms with E-state index in [-0.39, 0.29) is 11.5 Å². The summed E-state index contributed by atoms with van der Waals surface area (Å²) < 4.78 is 1.39. The Kier molecular flexibility index (Phi) is 5.52. The molecule has 2 atom stereocenters. The standard InChI is InChI=1S/C21H21ClN4O2S/c1-12-3-8-16-17(9-12)29-20-18(16)21(28)26(11-23-20)13(2)19(27)25-24-10-14-4-6-15(22)7-5-14/h4-7,10-13H,3,8-9H2,1-2H3,(H,25,27)/b24-10-/t12-,13+/m1/s1. The molecule has 1 aliphatic carbocycles. The topological polar surface area (TPSA) is 76.3 Å². The van der Waals surface area contributed by atoms with Gasteiger partial charge in [0.2, 0.25) is 0 Å². The summed E-state index contributed by atoms with van der Waals surface area (Å²) >= 11 is 7.45. The van der Waals surface area contributed by atoms with E-state index in [0.29, 0.717) is 16.3 Å². The Balaban J connectivity index is 1.55. The maximum absolute atomic E-state index is 13.1. The van der Waals surface area contributed by atoms with Gasteiger partial charge in [0.25, 0.3) is 11.5 Å². The number of thiophene rings is 1. The van der Waals surface area contributed by atoms with Gasteiger partial charge in [0.1, 0.15) is 10.9 Å². The van der Waals surface area contributed by atoms with E-state index in [1.165, 1.54) is 22.0 Å². The van der Waals surface area contributed by atoms with Crippen molar-refractivity contribution in [2.75, 3.05) is 0 Å². The second-order valence-electron chi connectivity index (χ2n) is 7.45. The molecule has 1 aliphatic rings. The van der Waals surface area contributed by atoms with E-state index in [2.05, 4.69) is 22.4 Å². The van der Waals surface area contributed by atoms with Crippen molar-refractivity contribution in [1.82, 2.24) is 15.0 Å². The average molecular weight is 429 g/mol. The van der Waals surface area contributed by atoms with Gasteiger partial charge in [-0.3, -0.25) is 14.2 Å². The summed E-state index contributed by atoms with van der Waals surface area (Å²) in [5.74, 6) is 0.247. The summed E-state index contributed by atoms with van der Waals surface area (Å²) in [5.41, 5.74) is 4.25. The van der Waals surface area contributed by atoms with Crippen LogP contribution < -0.4 is 11.0 Å². The number of carbonyl (C=O) groups is 1. The molecule has 0 saturated heterocycles. The predicted octanol–water partition coefficient (Wildman–Crippen LogP) is 3.95. The summed E-state index contributed by atoms with van der Waals surface area (Å²) in [6.07, 6.45) is 5.95. The van der Waals surface area contributed by atoms with Gasteiger partial charge in [0.05, 0.1) is 17.9 Å². The van der Waals surface area contributed by atoms with Crippen molar-refractivity contribution >= 4 is 45.3 Å². The van der Waals surface area contributed by atoms with E-state index >= 15 is 0 Å². The quantitative estimate of drug-likeness (QED) is 0.505. The lowest BCUT2D eigenvalue weighted by Crippen LogP contribution is -2.34. The minimum atomic E-state index is -0.722. The van der Waals surface area contributed by atoms with Gasteiger partial charge in [-0.2, -0.15) is 5.10 Å². The Morgan fingerprint density at radius 1 is 1.41 bits per heavy atom. The summed E-state index contributed by atoms with van der Waals surface area (Å²) in [6.45, 7) is 3.90. The van der Waals surface area contributed by atoms with Crippen molar-refractivity contribution in [3.63, 3.8) is 0 Å². The van der Waals surface area contributed by atoms with Crippen molar-refractivity contribution in [2.24, 2.45) is 11.0 Å². The molecule has 0 unspecified atom stereocenters. The summed E-state index contributed by atoms with van der Waals surface area (Å²) in [5, 5.41) is 5.28. The SMILES string of the molecule is C[C@@H]1CCc2c(sc3ncn([C@@H](C)C(=O)N/N=C\c4ccc(Cl)cc4)c(=O)c23)C1. The van der Waals surface area contributed by atoms with Crippen LogP contribution in [0.25, 0.3) is 10.2 Å². The highest BCUT2D eigenvalue weighted by molar-refractivity contribution is 7.18. The molecule has 0 saturated carbocycles. The molecule has 0 fully saturated rings. The number of aromatic nitrogens is 2. The van der Waals surface area contributed by atoms with E-state index in [0.717, 1.165) is 35.2 Å². The lowest BCUT2D eigenvalue weighted by molar-refractivity contribution is -0.123. The molecular formula is C21H21ClN4O2S. The normalized spacial score (nSPS) is 17.4. The van der Waals surface area contributed by atoms with Crippen LogP contribution in [0.2, 0.25) is 5.02 Å². The van der Waals surface area contributed by atoms with Crippen molar-refractivity contribution in [1.29, 1.82) is 0 Å². The Morgan fingerprint density at radius 3 is 2.93 bits per heavy atom. The first-order chi connectivity index (χ1) is 13.9. The number of nitrogens with zero attached hydrogens (tertiary/aromatic N) is 3. The molecule has 150 valence electrons. The lowest BCUT2D eigenvalue weighted by atomic mass is 9.89. The Hall–Kier alpha value is -2.51. The molecule has 2 heterocycles. The zero-order chi connectivity index (χ0) is 20.5. The number of carbonyl (C=O) groups excluding carboxylic acids is 1. The fourth-order valence-electron chi connectivity index (χ4n) is 3.56. The second kappa shape index (κ2) is 8.08. The van der Waals surface area contributed by atoms with E-state index in [9.17, 15) is 9.59 Å². The third kappa shape index (κ3) is 3.97. The highest BCUT2D eigenvalue weighted by atomic mass is 35.5. The van der Waals surface area contributed by atoms with Gasteiger partial charge in [0.15, 0.2) is 0 Å². The molecule has 29 heavy (non-hydrogen) atoms. The first-order valence-electron chi connectivity index (χ1n) is 9.54. The smallest absolute Gasteiger partial charge is 0.263 e. The first-order valence-corrected chi connectivity index (χ1v) is 10.7. The molecule has 6 nitrogen and oxygen atoms in total. The number of hydrogen-bond acceptors (Lipinski definition) is 5. The molecule has 0 spiro atoms. The number of nitrogens with one attached hydrogen (secondary N) is 1. The van der Waals surface area contributed by atoms with Crippen LogP contribution in [0.4, 0.5) is 0 Å². The van der Waals surface area contributed by atoms with Gasteiger partial charge in [-0.1, -0.05) is 30.7 Å². The number of hydrogen-bond donors (Lipinski definition) is 1. The third-order valence-electron chi connectivity index (χ3n) is 5.30. The Bertz CT molecular complexity index is 1150. The number of hydrazone groups is 1. The molecule has 1 aromatic carbocycles. The lowest BCUT2D eigenvalue weighted by Gasteiger charge is -2.18. The van der Waals surface area contributed by atoms with Crippen LogP contribution in [0.3, 0.4) is 0 Å². The number of benzene rings is 1. The maximum Gasteiger partial charge on any atom is 0.263 e. The van der Waals surface area contributed by atoms with Gasteiger partial charge >= 0.3 is 0 Å². The Morgan fingerprint density at radius 2 is 2.17 bits per heavy atom. The second-order valence-corrected chi connectivity index (χ2v) is 8.97. The highest BCUT2D eigenvalue weighted by Crippen LogP contribution is 2.35. The minimum Gasteiger partial charge on any atom is -0.286 e. The minimum absolute atomic E-state index is 0.161. The van der Waals surface area contributed by atoms with Gasteiger partial charge in [-0.25, -0.2) is 10.4 Å². The third-order valence-corrected chi connectivity index (χ3v) is 6.71. The number of amides is 1. The first kappa shape index (κ1) is 19.8. The maximum atomic E-state index is 13.1. The van der Waals surface area contributed by atoms with E-state index in [1.807, 2.05) is 0 Å². The summed E-state index contributed by atoms with van der Waals surface area (Å²) in [6, 6.07) is 6.36. The molecule has 8 heteroatoms. The van der Waals surface area contributed by atoms with E-state index in [1.54, 1.807) is 42.5 Å². The summed E-state index contributed by atoms with van der Waals surface area (Å²) in [7, 11) is 0. The number of aryl methyl sites for hydroxylation is 1. The van der Waals surface area contributed by atoms with Crippen molar-refractivity contribution in [2.45, 2.75) is 39.2 Å². The van der Waals surface area contributed by atoms with Gasteiger partial charge in [-0.15, -0.1) is 11.3 Å². The van der Waals surface area contributed by atoms with Crippen LogP contribution in [0.15, 0.2) is 40.5 Å². The predicted molar refractivity (Wildman–Crippen MR) is 117 cm³/mol. The monoisotopic (exact) mass is 428 g/mol. The van der Waals surface area contributed by atoms with Gasteiger partial charge in [0, 0.05) is 9.90 Å². The molecule has 0 radical (unpaired) electrons. The van der Waals surface area contributed by atoms with Crippen molar-refractivity contribution in [3.05, 3.63) is 62.0 Å². The van der Waals surface area contributed by atoms with Crippen LogP contribution in [0, 0.1) is 5.92 Å². The highest BCUT2D eigenvalue weighted by Gasteiger charge is 2.25. The fourth-order valence-corrected chi connectivity index (χ4v) is 5.03. The van der Waals surface area contributed by atoms with Crippen molar-refractivity contribution in [3.8, 4) is 0 Å². The molecular weight excluding hydrogens is 408 g/mol. The van der Waals surface area contributed by atoms with E-state index < -0.39 is 6.04 Å². The van der Waals surface area contributed by atoms with Crippen LogP contribution >= 0.6 is 22.9 Å². The molecule has 1 amide bonds. The largest absolute Gasteiger partial charge is 0.286 e. The number of halogens is 1. The Labute approximate surface area is 177 Å². The van der Waals surface area contributed by atoms with Gasteiger partial charge < -0.3 is 0 Å². The van der Waals surface area contributed by atoms with Crippen LogP contribution in [-0.4, -0.2) is 21.7 Å². The molecule has 3 aromatic rings. The van der Waals surface area contributed by atoms with Crippen LogP contribution in [0.5, 0.6) is 0 Å². The molecule has 0 aliphatic heterocycles. The molecule has 0 bridgehead atoms. The van der Waals surface area contributed by atoms with Crippen molar-refractivity contribution < 1.29 is 4.79 Å².